The van der Waals surface area contributed by atoms with Gasteiger partial charge in [-0.15, -0.1) is 0 Å². The molecule has 1 aromatic heterocycles. The maximum atomic E-state index is 13.4. The molecule has 0 unspecified atom stereocenters. The van der Waals surface area contributed by atoms with Crippen LogP contribution in [0, 0.1) is 5.82 Å². The van der Waals surface area contributed by atoms with Crippen molar-refractivity contribution in [2.75, 3.05) is 6.54 Å². The smallest absolute Gasteiger partial charge is 0.147 e. The molecule has 0 saturated carbocycles. The molecule has 1 aromatic rings. The average molecular weight is 245 g/mol. The van der Waals surface area contributed by atoms with Gasteiger partial charge in [0.15, 0.2) is 0 Å². The van der Waals surface area contributed by atoms with Crippen LogP contribution in [0.15, 0.2) is 16.7 Å². The van der Waals surface area contributed by atoms with Crippen molar-refractivity contribution in [3.05, 3.63) is 28.2 Å². The maximum Gasteiger partial charge on any atom is 0.147 e. The summed E-state index contributed by atoms with van der Waals surface area (Å²) >= 11 is 3.18. The van der Waals surface area contributed by atoms with Crippen molar-refractivity contribution in [1.29, 1.82) is 0 Å². The van der Waals surface area contributed by atoms with Gasteiger partial charge in [-0.05, 0) is 41.4 Å². The third kappa shape index (κ3) is 1.89. The topological polar surface area (TPSA) is 24.9 Å². The first-order valence-corrected chi connectivity index (χ1v) is 5.11. The van der Waals surface area contributed by atoms with Gasteiger partial charge in [-0.2, -0.15) is 0 Å². The van der Waals surface area contributed by atoms with Crippen molar-refractivity contribution in [2.24, 2.45) is 0 Å². The van der Waals surface area contributed by atoms with E-state index in [1.807, 2.05) is 0 Å². The molecule has 13 heavy (non-hydrogen) atoms. The fourth-order valence-electron chi connectivity index (χ4n) is 1.60. The van der Waals surface area contributed by atoms with Gasteiger partial charge in [0.2, 0.25) is 0 Å². The Morgan fingerprint density at radius 3 is 3.08 bits per heavy atom. The Labute approximate surface area is 84.7 Å². The second kappa shape index (κ2) is 3.72. The Morgan fingerprint density at radius 1 is 1.62 bits per heavy atom. The van der Waals surface area contributed by atoms with Crippen molar-refractivity contribution < 1.29 is 4.39 Å². The highest BCUT2D eigenvalue weighted by Gasteiger charge is 2.20. The SMILES string of the molecule is Fc1cc(Br)cnc1[C@@H]1CCCN1. The third-order valence-electron chi connectivity index (χ3n) is 2.23. The number of hydrogen-bond acceptors (Lipinski definition) is 2. The largest absolute Gasteiger partial charge is 0.309 e. The zero-order valence-corrected chi connectivity index (χ0v) is 8.64. The minimum Gasteiger partial charge on any atom is -0.309 e. The zero-order valence-electron chi connectivity index (χ0n) is 7.06. The van der Waals surface area contributed by atoms with Crippen molar-refractivity contribution in [2.45, 2.75) is 18.9 Å². The fourth-order valence-corrected chi connectivity index (χ4v) is 1.90. The van der Waals surface area contributed by atoms with Gasteiger partial charge < -0.3 is 5.32 Å². The third-order valence-corrected chi connectivity index (χ3v) is 2.66. The van der Waals surface area contributed by atoms with Crippen LogP contribution in [-0.4, -0.2) is 11.5 Å². The van der Waals surface area contributed by atoms with Gasteiger partial charge in [-0.1, -0.05) is 0 Å². The van der Waals surface area contributed by atoms with E-state index < -0.39 is 0 Å². The molecule has 2 rings (SSSR count). The van der Waals surface area contributed by atoms with Gasteiger partial charge in [0, 0.05) is 10.7 Å². The second-order valence-corrected chi connectivity index (χ2v) is 4.09. The Balaban J connectivity index is 2.29. The van der Waals surface area contributed by atoms with Crippen molar-refractivity contribution in [3.63, 3.8) is 0 Å². The number of pyridine rings is 1. The lowest BCUT2D eigenvalue weighted by Gasteiger charge is -2.09. The number of rotatable bonds is 1. The number of nitrogens with one attached hydrogen (secondary N) is 1. The minimum absolute atomic E-state index is 0.105. The van der Waals surface area contributed by atoms with Crippen LogP contribution in [-0.2, 0) is 0 Å². The summed E-state index contributed by atoms with van der Waals surface area (Å²) in [5.41, 5.74) is 0.542. The van der Waals surface area contributed by atoms with Gasteiger partial charge in [-0.25, -0.2) is 4.39 Å². The quantitative estimate of drug-likeness (QED) is 0.821. The van der Waals surface area contributed by atoms with Crippen LogP contribution in [0.3, 0.4) is 0 Å². The predicted octanol–water partition coefficient (Wildman–Crippen LogP) is 2.41. The molecule has 70 valence electrons. The zero-order chi connectivity index (χ0) is 9.26. The van der Waals surface area contributed by atoms with Gasteiger partial charge >= 0.3 is 0 Å². The first kappa shape index (κ1) is 9.09. The first-order chi connectivity index (χ1) is 6.27. The van der Waals surface area contributed by atoms with E-state index >= 15 is 0 Å². The summed E-state index contributed by atoms with van der Waals surface area (Å²) in [6.45, 7) is 0.960. The monoisotopic (exact) mass is 244 g/mol. The molecule has 4 heteroatoms. The van der Waals surface area contributed by atoms with E-state index in [0.717, 1.165) is 19.4 Å². The summed E-state index contributed by atoms with van der Waals surface area (Å²) in [4.78, 5) is 4.08. The standard InChI is InChI=1S/C9H10BrFN2/c10-6-4-7(11)9(13-5-6)8-2-1-3-12-8/h4-5,8,12H,1-3H2/t8-/m0/s1. The van der Waals surface area contributed by atoms with E-state index in [1.165, 1.54) is 6.07 Å². The summed E-state index contributed by atoms with van der Waals surface area (Å²) in [7, 11) is 0. The molecule has 0 radical (unpaired) electrons. The lowest BCUT2D eigenvalue weighted by atomic mass is 10.1. The summed E-state index contributed by atoms with van der Waals surface area (Å²) in [5, 5.41) is 3.22. The molecular weight excluding hydrogens is 235 g/mol. The van der Waals surface area contributed by atoms with E-state index in [-0.39, 0.29) is 11.9 Å². The molecule has 2 heterocycles. The van der Waals surface area contributed by atoms with Crippen LogP contribution in [0.5, 0.6) is 0 Å². The number of aromatic nitrogens is 1. The molecule has 0 aromatic carbocycles. The van der Waals surface area contributed by atoms with Crippen LogP contribution >= 0.6 is 15.9 Å². The maximum absolute atomic E-state index is 13.4. The number of nitrogens with zero attached hydrogens (tertiary/aromatic N) is 1. The van der Waals surface area contributed by atoms with Crippen LogP contribution in [0.2, 0.25) is 0 Å². The summed E-state index contributed by atoms with van der Waals surface area (Å²) in [6, 6.07) is 1.57. The number of hydrogen-bond donors (Lipinski definition) is 1. The molecular formula is C9H10BrFN2. The molecule has 1 saturated heterocycles. The molecule has 1 aliphatic rings. The molecule has 0 amide bonds. The van der Waals surface area contributed by atoms with Gasteiger partial charge in [0.05, 0.1) is 11.7 Å². The lowest BCUT2D eigenvalue weighted by molar-refractivity contribution is 0.540. The van der Waals surface area contributed by atoms with Crippen molar-refractivity contribution in [1.82, 2.24) is 10.3 Å². The molecule has 0 spiro atoms. The van der Waals surface area contributed by atoms with Crippen LogP contribution in [0.25, 0.3) is 0 Å². The van der Waals surface area contributed by atoms with Crippen molar-refractivity contribution >= 4 is 15.9 Å². The Kier molecular flexibility index (Phi) is 2.60. The van der Waals surface area contributed by atoms with Crippen LogP contribution in [0.1, 0.15) is 24.6 Å². The molecule has 0 aliphatic carbocycles. The summed E-state index contributed by atoms with van der Waals surface area (Å²) in [5.74, 6) is -0.228. The van der Waals surface area contributed by atoms with Crippen molar-refractivity contribution in [3.8, 4) is 0 Å². The van der Waals surface area contributed by atoms with E-state index in [9.17, 15) is 4.39 Å². The van der Waals surface area contributed by atoms with Gasteiger partial charge in [-0.3, -0.25) is 4.98 Å². The molecule has 2 nitrogen and oxygen atoms in total. The highest BCUT2D eigenvalue weighted by Crippen LogP contribution is 2.24. The van der Waals surface area contributed by atoms with Crippen LogP contribution < -0.4 is 5.32 Å². The highest BCUT2D eigenvalue weighted by molar-refractivity contribution is 9.10. The molecule has 1 N–H and O–H groups in total. The van der Waals surface area contributed by atoms with Gasteiger partial charge in [0.1, 0.15) is 5.82 Å². The lowest BCUT2D eigenvalue weighted by Crippen LogP contribution is -2.15. The minimum atomic E-state index is -0.228. The Bertz CT molecular complexity index is 310. The molecule has 1 aliphatic heterocycles. The van der Waals surface area contributed by atoms with E-state index in [4.69, 9.17) is 0 Å². The predicted molar refractivity (Wildman–Crippen MR) is 51.9 cm³/mol. The van der Waals surface area contributed by atoms with Crippen LogP contribution in [0.4, 0.5) is 4.39 Å². The van der Waals surface area contributed by atoms with E-state index in [0.29, 0.717) is 10.2 Å². The van der Waals surface area contributed by atoms with Gasteiger partial charge in [0.25, 0.3) is 0 Å². The highest BCUT2D eigenvalue weighted by atomic mass is 79.9. The second-order valence-electron chi connectivity index (χ2n) is 3.17. The first-order valence-electron chi connectivity index (χ1n) is 4.31. The Morgan fingerprint density at radius 2 is 2.46 bits per heavy atom. The summed E-state index contributed by atoms with van der Waals surface area (Å²) in [6.07, 6.45) is 3.71. The van der Waals surface area contributed by atoms with E-state index in [2.05, 4.69) is 26.2 Å². The Hall–Kier alpha value is -0.480. The molecule has 1 atom stereocenters. The number of halogens is 2. The normalized spacial score (nSPS) is 22.2. The molecule has 0 bridgehead atoms. The molecule has 1 fully saturated rings. The van der Waals surface area contributed by atoms with E-state index in [1.54, 1.807) is 6.20 Å². The average Bonchev–Trinajstić information content (AvgIpc) is 2.56. The summed E-state index contributed by atoms with van der Waals surface area (Å²) < 4.78 is 14.1. The fraction of sp³-hybridized carbons (Fsp3) is 0.444.